The Bertz CT molecular complexity index is 672. The van der Waals surface area contributed by atoms with Crippen LogP contribution in [0, 0.1) is 29.6 Å². The van der Waals surface area contributed by atoms with Crippen LogP contribution >= 0.6 is 0 Å². The smallest absolute Gasteiger partial charge is 0.232 e. The molecule has 7 heteroatoms. The normalized spacial score (nSPS) is 37.3. The molecule has 24 heavy (non-hydrogen) atoms. The molecule has 0 radical (unpaired) electrons. The van der Waals surface area contributed by atoms with Gasteiger partial charge in [0, 0.05) is 25.6 Å². The van der Waals surface area contributed by atoms with Crippen molar-refractivity contribution in [2.45, 2.75) is 6.42 Å². The maximum absolute atomic E-state index is 12.9. The van der Waals surface area contributed by atoms with Gasteiger partial charge in [-0.15, -0.1) is 0 Å². The third-order valence-corrected chi connectivity index (χ3v) is 6.16. The van der Waals surface area contributed by atoms with Gasteiger partial charge in [-0.1, -0.05) is 0 Å². The van der Waals surface area contributed by atoms with Crippen molar-refractivity contribution >= 4 is 17.5 Å². The SMILES string of the molecule is O=C(C1[C@H]2COC[C@@H]12)N1CC2CCN(c3cncnc3)C(=O)C2C1. The number of piperidine rings is 1. The van der Waals surface area contributed by atoms with Gasteiger partial charge >= 0.3 is 0 Å². The Morgan fingerprint density at radius 2 is 1.92 bits per heavy atom. The summed E-state index contributed by atoms with van der Waals surface area (Å²) in [5.74, 6) is 1.55. The first kappa shape index (κ1) is 14.3. The van der Waals surface area contributed by atoms with Crippen LogP contribution in [-0.4, -0.2) is 59.5 Å². The van der Waals surface area contributed by atoms with Gasteiger partial charge in [0.2, 0.25) is 11.8 Å². The van der Waals surface area contributed by atoms with Crippen LogP contribution in [0.4, 0.5) is 5.69 Å². The zero-order valence-corrected chi connectivity index (χ0v) is 13.4. The molecule has 0 bridgehead atoms. The van der Waals surface area contributed by atoms with E-state index in [0.717, 1.165) is 31.9 Å². The number of ether oxygens (including phenoxy) is 1. The van der Waals surface area contributed by atoms with E-state index in [-0.39, 0.29) is 29.6 Å². The van der Waals surface area contributed by atoms with E-state index in [0.29, 0.717) is 24.9 Å². The maximum atomic E-state index is 12.9. The second-order valence-electron chi connectivity index (χ2n) is 7.38. The van der Waals surface area contributed by atoms with Crippen LogP contribution in [0.25, 0.3) is 0 Å². The fraction of sp³-hybridized carbons (Fsp3) is 0.647. The minimum Gasteiger partial charge on any atom is -0.381 e. The summed E-state index contributed by atoms with van der Waals surface area (Å²) in [5.41, 5.74) is 0.750. The number of fused-ring (bicyclic) bond motifs is 2. The van der Waals surface area contributed by atoms with E-state index in [1.807, 2.05) is 4.90 Å². The highest BCUT2D eigenvalue weighted by atomic mass is 16.5. The molecule has 0 N–H and O–H groups in total. The van der Waals surface area contributed by atoms with Gasteiger partial charge in [-0.05, 0) is 24.2 Å². The maximum Gasteiger partial charge on any atom is 0.232 e. The highest BCUT2D eigenvalue weighted by molar-refractivity contribution is 5.96. The van der Waals surface area contributed by atoms with E-state index < -0.39 is 0 Å². The molecule has 1 saturated carbocycles. The predicted octanol–water partition coefficient (Wildman–Crippen LogP) is 0.180. The van der Waals surface area contributed by atoms with Crippen LogP contribution in [0.2, 0.25) is 0 Å². The summed E-state index contributed by atoms with van der Waals surface area (Å²) in [6, 6.07) is 0. The molecule has 3 saturated heterocycles. The lowest BCUT2D eigenvalue weighted by atomic mass is 9.88. The average molecular weight is 328 g/mol. The summed E-state index contributed by atoms with van der Waals surface area (Å²) < 4.78 is 5.38. The molecule has 4 heterocycles. The second kappa shape index (κ2) is 5.24. The quantitative estimate of drug-likeness (QED) is 0.774. The van der Waals surface area contributed by atoms with Crippen LogP contribution in [0.15, 0.2) is 18.7 Å². The highest BCUT2D eigenvalue weighted by Crippen LogP contribution is 2.52. The van der Waals surface area contributed by atoms with Crippen molar-refractivity contribution in [3.8, 4) is 0 Å². The van der Waals surface area contributed by atoms with Gasteiger partial charge < -0.3 is 14.5 Å². The van der Waals surface area contributed by atoms with E-state index in [1.54, 1.807) is 17.3 Å². The summed E-state index contributed by atoms with van der Waals surface area (Å²) in [6.45, 7) is 3.41. The number of rotatable bonds is 2. The highest BCUT2D eigenvalue weighted by Gasteiger charge is 2.60. The molecule has 4 fully saturated rings. The zero-order chi connectivity index (χ0) is 16.3. The molecule has 3 aliphatic heterocycles. The van der Waals surface area contributed by atoms with Crippen molar-refractivity contribution in [2.75, 3.05) is 37.7 Å². The summed E-state index contributed by atoms with van der Waals surface area (Å²) >= 11 is 0. The van der Waals surface area contributed by atoms with Gasteiger partial charge in [-0.25, -0.2) is 9.97 Å². The Labute approximate surface area is 140 Å². The fourth-order valence-electron chi connectivity index (χ4n) is 4.73. The number of amides is 2. The summed E-state index contributed by atoms with van der Waals surface area (Å²) in [4.78, 5) is 37.3. The van der Waals surface area contributed by atoms with Crippen LogP contribution in [0.3, 0.4) is 0 Å². The summed E-state index contributed by atoms with van der Waals surface area (Å²) in [5, 5.41) is 0. The molecule has 3 unspecified atom stereocenters. The molecule has 0 aromatic carbocycles. The van der Waals surface area contributed by atoms with Crippen molar-refractivity contribution in [1.29, 1.82) is 0 Å². The van der Waals surface area contributed by atoms with Crippen LogP contribution in [0.1, 0.15) is 6.42 Å². The molecule has 7 nitrogen and oxygen atoms in total. The van der Waals surface area contributed by atoms with Gasteiger partial charge in [-0.3, -0.25) is 9.59 Å². The summed E-state index contributed by atoms with van der Waals surface area (Å²) in [7, 11) is 0. The number of hydrogen-bond donors (Lipinski definition) is 0. The molecule has 1 aliphatic carbocycles. The first-order valence-corrected chi connectivity index (χ1v) is 8.67. The summed E-state index contributed by atoms with van der Waals surface area (Å²) in [6.07, 6.45) is 5.74. The molecular formula is C17H20N4O3. The van der Waals surface area contributed by atoms with E-state index in [1.165, 1.54) is 6.33 Å². The number of anilines is 1. The van der Waals surface area contributed by atoms with E-state index in [9.17, 15) is 9.59 Å². The van der Waals surface area contributed by atoms with Crippen LogP contribution < -0.4 is 4.90 Å². The molecule has 2 amide bonds. The van der Waals surface area contributed by atoms with Crippen molar-refractivity contribution in [1.82, 2.24) is 14.9 Å². The minimum atomic E-state index is -0.0854. The third kappa shape index (κ3) is 2.07. The van der Waals surface area contributed by atoms with Gasteiger partial charge in [-0.2, -0.15) is 0 Å². The molecular weight excluding hydrogens is 308 g/mol. The molecule has 5 rings (SSSR count). The number of hydrogen-bond acceptors (Lipinski definition) is 5. The van der Waals surface area contributed by atoms with E-state index in [2.05, 4.69) is 9.97 Å². The number of nitrogens with zero attached hydrogens (tertiary/aromatic N) is 4. The topological polar surface area (TPSA) is 75.6 Å². The molecule has 5 atom stereocenters. The second-order valence-corrected chi connectivity index (χ2v) is 7.38. The van der Waals surface area contributed by atoms with Gasteiger partial charge in [0.1, 0.15) is 6.33 Å². The average Bonchev–Trinajstić information content (AvgIpc) is 2.97. The Kier molecular flexibility index (Phi) is 3.13. The molecule has 0 spiro atoms. The standard InChI is InChI=1S/C17H20N4O3/c22-16-12-6-20(17(23)15-13-7-24-8-14(13)15)5-10(12)1-2-21(16)11-3-18-9-19-4-11/h3-4,9-10,12-15H,1-2,5-8H2/t10?,12?,13-,14+,15?. The van der Waals surface area contributed by atoms with Crippen molar-refractivity contribution in [3.63, 3.8) is 0 Å². The van der Waals surface area contributed by atoms with Crippen molar-refractivity contribution < 1.29 is 14.3 Å². The molecule has 1 aromatic heterocycles. The van der Waals surface area contributed by atoms with Gasteiger partial charge in [0.15, 0.2) is 0 Å². The van der Waals surface area contributed by atoms with E-state index >= 15 is 0 Å². The van der Waals surface area contributed by atoms with Crippen molar-refractivity contribution in [2.24, 2.45) is 29.6 Å². The minimum absolute atomic E-state index is 0.0854. The fourth-order valence-corrected chi connectivity index (χ4v) is 4.73. The Morgan fingerprint density at radius 3 is 2.67 bits per heavy atom. The monoisotopic (exact) mass is 328 g/mol. The number of likely N-dealkylation sites (tertiary alicyclic amines) is 1. The largest absolute Gasteiger partial charge is 0.381 e. The predicted molar refractivity (Wildman–Crippen MR) is 83.9 cm³/mol. The Hall–Kier alpha value is -2.02. The molecule has 4 aliphatic rings. The Morgan fingerprint density at radius 1 is 1.17 bits per heavy atom. The zero-order valence-electron chi connectivity index (χ0n) is 13.4. The lowest BCUT2D eigenvalue weighted by Gasteiger charge is -2.33. The Balaban J connectivity index is 1.29. The van der Waals surface area contributed by atoms with Crippen molar-refractivity contribution in [3.05, 3.63) is 18.7 Å². The lowest BCUT2D eigenvalue weighted by molar-refractivity contribution is -0.133. The first-order valence-electron chi connectivity index (χ1n) is 8.67. The number of carbonyl (C=O) groups is 2. The molecule has 126 valence electrons. The number of carbonyl (C=O) groups excluding carboxylic acids is 2. The van der Waals surface area contributed by atoms with Crippen LogP contribution in [0.5, 0.6) is 0 Å². The lowest BCUT2D eigenvalue weighted by Crippen LogP contribution is -2.45. The van der Waals surface area contributed by atoms with Gasteiger partial charge in [0.05, 0.1) is 37.2 Å². The van der Waals surface area contributed by atoms with E-state index in [4.69, 9.17) is 4.74 Å². The van der Waals surface area contributed by atoms with Crippen LogP contribution in [-0.2, 0) is 14.3 Å². The first-order chi connectivity index (χ1) is 11.7. The van der Waals surface area contributed by atoms with Gasteiger partial charge in [0.25, 0.3) is 0 Å². The molecule has 1 aromatic rings. The number of aromatic nitrogens is 2. The third-order valence-electron chi connectivity index (χ3n) is 6.16.